The van der Waals surface area contributed by atoms with E-state index in [1.54, 1.807) is 6.07 Å². The van der Waals surface area contributed by atoms with Crippen LogP contribution in [-0.2, 0) is 9.63 Å². The zero-order chi connectivity index (χ0) is 18.9. The number of carbonyl (C=O) groups excluding carboxylic acids is 1. The molecule has 0 saturated carbocycles. The third-order valence-electron chi connectivity index (χ3n) is 3.18. The Morgan fingerprint density at radius 3 is 2.73 bits per heavy atom. The second-order valence-corrected chi connectivity index (χ2v) is 5.21. The van der Waals surface area contributed by atoms with Crippen molar-refractivity contribution in [1.82, 2.24) is 0 Å². The summed E-state index contributed by atoms with van der Waals surface area (Å²) in [6.07, 6.45) is 1.33. The SMILES string of the molecule is COc1cc(/C=N/OCC(=O)Nc2cccc(C)c2)ccc1OC(F)F. The number of aryl methyl sites for hydroxylation is 1. The van der Waals surface area contributed by atoms with Crippen LogP contribution in [0.3, 0.4) is 0 Å². The van der Waals surface area contributed by atoms with Gasteiger partial charge in [0.05, 0.1) is 13.3 Å². The monoisotopic (exact) mass is 364 g/mol. The van der Waals surface area contributed by atoms with Crippen LogP contribution in [-0.4, -0.2) is 32.4 Å². The predicted molar refractivity (Wildman–Crippen MR) is 93.0 cm³/mol. The molecule has 0 radical (unpaired) electrons. The number of carbonyl (C=O) groups is 1. The molecule has 0 unspecified atom stereocenters. The van der Waals surface area contributed by atoms with Crippen molar-refractivity contribution in [2.24, 2.45) is 5.16 Å². The van der Waals surface area contributed by atoms with Crippen molar-refractivity contribution < 1.29 is 27.9 Å². The highest BCUT2D eigenvalue weighted by Gasteiger charge is 2.10. The molecule has 26 heavy (non-hydrogen) atoms. The van der Waals surface area contributed by atoms with E-state index in [4.69, 9.17) is 9.57 Å². The molecular formula is C18H18F2N2O4. The predicted octanol–water partition coefficient (Wildman–Crippen LogP) is 3.59. The van der Waals surface area contributed by atoms with E-state index >= 15 is 0 Å². The van der Waals surface area contributed by atoms with Crippen LogP contribution in [0.25, 0.3) is 0 Å². The van der Waals surface area contributed by atoms with E-state index in [-0.39, 0.29) is 24.0 Å². The molecule has 0 fully saturated rings. The topological polar surface area (TPSA) is 69.2 Å². The number of halogens is 2. The smallest absolute Gasteiger partial charge is 0.387 e. The first-order valence-corrected chi connectivity index (χ1v) is 7.62. The van der Waals surface area contributed by atoms with Crippen LogP contribution >= 0.6 is 0 Å². The number of hydrogen-bond donors (Lipinski definition) is 1. The van der Waals surface area contributed by atoms with Gasteiger partial charge in [0.15, 0.2) is 18.1 Å². The molecule has 2 aromatic carbocycles. The average Bonchev–Trinajstić information content (AvgIpc) is 2.59. The summed E-state index contributed by atoms with van der Waals surface area (Å²) in [4.78, 5) is 16.7. The standard InChI is InChI=1S/C18H18F2N2O4/c1-12-4-3-5-14(8-12)22-17(23)11-25-21-10-13-6-7-15(26-18(19)20)16(9-13)24-2/h3-10,18H,11H2,1-2H3,(H,22,23)/b21-10+. The molecule has 0 heterocycles. The number of anilines is 1. The van der Waals surface area contributed by atoms with Gasteiger partial charge in [-0.05, 0) is 42.8 Å². The number of hydrogen-bond acceptors (Lipinski definition) is 5. The number of benzene rings is 2. The number of methoxy groups -OCH3 is 1. The first-order valence-electron chi connectivity index (χ1n) is 7.62. The van der Waals surface area contributed by atoms with Gasteiger partial charge in [0, 0.05) is 11.3 Å². The second-order valence-electron chi connectivity index (χ2n) is 5.21. The largest absolute Gasteiger partial charge is 0.493 e. The molecule has 138 valence electrons. The highest BCUT2D eigenvalue weighted by atomic mass is 19.3. The van der Waals surface area contributed by atoms with E-state index < -0.39 is 6.61 Å². The van der Waals surface area contributed by atoms with Crippen molar-refractivity contribution in [1.29, 1.82) is 0 Å². The van der Waals surface area contributed by atoms with Gasteiger partial charge in [-0.2, -0.15) is 8.78 Å². The Morgan fingerprint density at radius 1 is 1.23 bits per heavy atom. The number of oxime groups is 1. The van der Waals surface area contributed by atoms with Crippen LogP contribution in [0, 0.1) is 6.92 Å². The van der Waals surface area contributed by atoms with Gasteiger partial charge in [-0.15, -0.1) is 0 Å². The summed E-state index contributed by atoms with van der Waals surface area (Å²) < 4.78 is 33.9. The van der Waals surface area contributed by atoms with Crippen LogP contribution < -0.4 is 14.8 Å². The Kier molecular flexibility index (Phi) is 6.90. The Bertz CT molecular complexity index is 782. The summed E-state index contributed by atoms with van der Waals surface area (Å²) in [5.41, 5.74) is 2.22. The molecule has 0 aliphatic carbocycles. The van der Waals surface area contributed by atoms with E-state index in [0.717, 1.165) is 5.56 Å². The highest BCUT2D eigenvalue weighted by molar-refractivity contribution is 5.91. The summed E-state index contributed by atoms with van der Waals surface area (Å²) >= 11 is 0. The summed E-state index contributed by atoms with van der Waals surface area (Å²) in [7, 11) is 1.33. The van der Waals surface area contributed by atoms with Gasteiger partial charge in [0.2, 0.25) is 0 Å². The molecule has 0 aromatic heterocycles. The zero-order valence-electron chi connectivity index (χ0n) is 14.2. The molecular weight excluding hydrogens is 346 g/mol. The lowest BCUT2D eigenvalue weighted by molar-refractivity contribution is -0.120. The van der Waals surface area contributed by atoms with Crippen molar-refractivity contribution >= 4 is 17.8 Å². The maximum Gasteiger partial charge on any atom is 0.387 e. The van der Waals surface area contributed by atoms with E-state index in [9.17, 15) is 13.6 Å². The van der Waals surface area contributed by atoms with Gasteiger partial charge >= 0.3 is 6.61 Å². The fourth-order valence-electron chi connectivity index (χ4n) is 2.07. The normalized spacial score (nSPS) is 10.8. The zero-order valence-corrected chi connectivity index (χ0v) is 14.2. The van der Waals surface area contributed by atoms with Crippen LogP contribution in [0.2, 0.25) is 0 Å². The Hall–Kier alpha value is -3.16. The quantitative estimate of drug-likeness (QED) is 0.574. The minimum Gasteiger partial charge on any atom is -0.493 e. The lowest BCUT2D eigenvalue weighted by atomic mass is 10.2. The maximum absolute atomic E-state index is 12.3. The molecule has 2 aromatic rings. The second kappa shape index (κ2) is 9.36. The highest BCUT2D eigenvalue weighted by Crippen LogP contribution is 2.28. The van der Waals surface area contributed by atoms with Gasteiger partial charge in [-0.3, -0.25) is 4.79 Å². The minimum absolute atomic E-state index is 0.0851. The van der Waals surface area contributed by atoms with Gasteiger partial charge < -0.3 is 19.6 Å². The maximum atomic E-state index is 12.3. The fraction of sp³-hybridized carbons (Fsp3) is 0.222. The van der Waals surface area contributed by atoms with Gasteiger partial charge in [-0.25, -0.2) is 0 Å². The lowest BCUT2D eigenvalue weighted by Gasteiger charge is -2.09. The first-order chi connectivity index (χ1) is 12.5. The first kappa shape index (κ1) is 19.2. The van der Waals surface area contributed by atoms with Crippen LogP contribution in [0.15, 0.2) is 47.6 Å². The number of amides is 1. The molecule has 0 saturated heterocycles. The number of alkyl halides is 2. The Balaban J connectivity index is 1.87. The minimum atomic E-state index is -2.95. The summed E-state index contributed by atoms with van der Waals surface area (Å²) in [6, 6.07) is 11.6. The molecule has 1 N–H and O–H groups in total. The Labute approximate surface area is 149 Å². The van der Waals surface area contributed by atoms with Crippen LogP contribution in [0.1, 0.15) is 11.1 Å². The summed E-state index contributed by atoms with van der Waals surface area (Å²) in [5.74, 6) is -0.310. The van der Waals surface area contributed by atoms with E-state index in [2.05, 4.69) is 15.2 Å². The van der Waals surface area contributed by atoms with Crippen LogP contribution in [0.5, 0.6) is 11.5 Å². The number of nitrogens with one attached hydrogen (secondary N) is 1. The molecule has 2 rings (SSSR count). The van der Waals surface area contributed by atoms with E-state index in [1.807, 2.05) is 25.1 Å². The van der Waals surface area contributed by atoms with Crippen molar-refractivity contribution in [3.8, 4) is 11.5 Å². The molecule has 0 bridgehead atoms. The summed E-state index contributed by atoms with van der Waals surface area (Å²) in [6.45, 7) is -1.30. The number of rotatable bonds is 8. The van der Waals surface area contributed by atoms with E-state index in [1.165, 1.54) is 31.5 Å². The van der Waals surface area contributed by atoms with Crippen molar-refractivity contribution in [3.05, 3.63) is 53.6 Å². The molecule has 1 amide bonds. The molecule has 0 spiro atoms. The molecule has 0 aliphatic heterocycles. The van der Waals surface area contributed by atoms with Crippen LogP contribution in [0.4, 0.5) is 14.5 Å². The van der Waals surface area contributed by atoms with Crippen molar-refractivity contribution in [2.75, 3.05) is 19.0 Å². The Morgan fingerprint density at radius 2 is 2.04 bits per heavy atom. The molecule has 8 heteroatoms. The number of ether oxygens (including phenoxy) is 2. The molecule has 6 nitrogen and oxygen atoms in total. The molecule has 0 aliphatic rings. The van der Waals surface area contributed by atoms with Gasteiger partial charge in [0.25, 0.3) is 5.91 Å². The molecule has 0 atom stereocenters. The van der Waals surface area contributed by atoms with Gasteiger partial charge in [-0.1, -0.05) is 17.3 Å². The van der Waals surface area contributed by atoms with Crippen molar-refractivity contribution in [2.45, 2.75) is 13.5 Å². The summed E-state index contributed by atoms with van der Waals surface area (Å²) in [5, 5.41) is 6.36. The fourth-order valence-corrected chi connectivity index (χ4v) is 2.07. The lowest BCUT2D eigenvalue weighted by Crippen LogP contribution is -2.16. The van der Waals surface area contributed by atoms with Crippen molar-refractivity contribution in [3.63, 3.8) is 0 Å². The van der Waals surface area contributed by atoms with E-state index in [0.29, 0.717) is 11.3 Å². The third-order valence-corrected chi connectivity index (χ3v) is 3.18. The third kappa shape index (κ3) is 6.04. The van der Waals surface area contributed by atoms with Gasteiger partial charge in [0.1, 0.15) is 0 Å². The average molecular weight is 364 g/mol. The number of nitrogens with zero attached hydrogens (tertiary/aromatic N) is 1.